The molecule has 28 heavy (non-hydrogen) atoms. The van der Waals surface area contributed by atoms with Crippen molar-refractivity contribution in [1.29, 1.82) is 0 Å². The molecule has 150 valence electrons. The zero-order valence-electron chi connectivity index (χ0n) is 16.6. The van der Waals surface area contributed by atoms with Crippen LogP contribution in [0, 0.1) is 5.92 Å². The number of hydrogen-bond acceptors (Lipinski definition) is 5. The zero-order chi connectivity index (χ0) is 18.9. The first-order valence-corrected chi connectivity index (χ1v) is 10.8. The van der Waals surface area contributed by atoms with Crippen LogP contribution in [0.5, 0.6) is 0 Å². The molecule has 1 unspecified atom stereocenters. The molecule has 2 aromatic rings. The molecule has 1 aliphatic carbocycles. The van der Waals surface area contributed by atoms with Crippen LogP contribution in [0.4, 0.5) is 0 Å². The fourth-order valence-electron chi connectivity index (χ4n) is 4.66. The molecule has 5 rings (SSSR count). The number of ether oxygens (including phenoxy) is 1. The lowest BCUT2D eigenvalue weighted by Gasteiger charge is -2.31. The van der Waals surface area contributed by atoms with Crippen LogP contribution in [0.15, 0.2) is 29.1 Å². The van der Waals surface area contributed by atoms with Crippen LogP contribution in [0.2, 0.25) is 0 Å². The second kappa shape index (κ2) is 7.93. The Morgan fingerprint density at radius 1 is 1.04 bits per heavy atom. The third kappa shape index (κ3) is 3.73. The lowest BCUT2D eigenvalue weighted by atomic mass is 10.1. The van der Waals surface area contributed by atoms with Crippen molar-refractivity contribution in [3.63, 3.8) is 0 Å². The largest absolute Gasteiger partial charge is 0.379 e. The minimum atomic E-state index is 0.146. The van der Waals surface area contributed by atoms with Gasteiger partial charge in [-0.2, -0.15) is 0 Å². The highest BCUT2D eigenvalue weighted by molar-refractivity contribution is 5.77. The number of para-hydroxylation sites is 1. The molecule has 6 heteroatoms. The minimum absolute atomic E-state index is 0.146. The van der Waals surface area contributed by atoms with Crippen molar-refractivity contribution in [1.82, 2.24) is 19.4 Å². The Hall–Kier alpha value is -1.76. The topological polar surface area (TPSA) is 50.6 Å². The summed E-state index contributed by atoms with van der Waals surface area (Å²) in [4.78, 5) is 23.3. The van der Waals surface area contributed by atoms with Crippen LogP contribution in [0.25, 0.3) is 10.9 Å². The van der Waals surface area contributed by atoms with Crippen LogP contribution in [-0.2, 0) is 11.3 Å². The molecule has 0 bridgehead atoms. The van der Waals surface area contributed by atoms with E-state index in [0.29, 0.717) is 5.92 Å². The van der Waals surface area contributed by atoms with Crippen molar-refractivity contribution in [3.05, 3.63) is 40.4 Å². The molecule has 6 nitrogen and oxygen atoms in total. The van der Waals surface area contributed by atoms with Crippen LogP contribution in [0.1, 0.15) is 37.5 Å². The number of rotatable bonds is 6. The SMILES string of the molecule is O=c1c2ccccc2nc(C2CCCN2CCN2CCOCC2)n1CC1CC1. The lowest BCUT2D eigenvalue weighted by molar-refractivity contribution is 0.0324. The van der Waals surface area contributed by atoms with Crippen LogP contribution in [0.3, 0.4) is 0 Å². The van der Waals surface area contributed by atoms with Gasteiger partial charge in [-0.3, -0.25) is 19.2 Å². The Morgan fingerprint density at radius 2 is 1.86 bits per heavy atom. The van der Waals surface area contributed by atoms with Gasteiger partial charge in [-0.15, -0.1) is 0 Å². The van der Waals surface area contributed by atoms with E-state index in [1.165, 1.54) is 19.3 Å². The molecule has 3 fully saturated rings. The van der Waals surface area contributed by atoms with Gasteiger partial charge in [0.15, 0.2) is 0 Å². The van der Waals surface area contributed by atoms with Crippen LogP contribution < -0.4 is 5.56 Å². The number of likely N-dealkylation sites (tertiary alicyclic amines) is 1. The molecule has 1 aromatic carbocycles. The number of hydrogen-bond donors (Lipinski definition) is 0. The molecule has 1 atom stereocenters. The molecule has 3 aliphatic rings. The maximum atomic E-state index is 13.3. The van der Waals surface area contributed by atoms with E-state index in [2.05, 4.69) is 9.80 Å². The Balaban J connectivity index is 1.43. The molecule has 3 heterocycles. The lowest BCUT2D eigenvalue weighted by Crippen LogP contribution is -2.42. The Labute approximate surface area is 166 Å². The van der Waals surface area contributed by atoms with Gasteiger partial charge in [0.1, 0.15) is 5.82 Å². The fraction of sp³-hybridized carbons (Fsp3) is 0.636. The Morgan fingerprint density at radius 3 is 2.68 bits per heavy atom. The summed E-state index contributed by atoms with van der Waals surface area (Å²) >= 11 is 0. The van der Waals surface area contributed by atoms with Gasteiger partial charge in [0, 0.05) is 32.7 Å². The number of nitrogens with zero attached hydrogens (tertiary/aromatic N) is 4. The Bertz CT molecular complexity index is 886. The number of fused-ring (bicyclic) bond motifs is 1. The van der Waals surface area contributed by atoms with E-state index in [4.69, 9.17) is 9.72 Å². The summed E-state index contributed by atoms with van der Waals surface area (Å²) in [5.74, 6) is 1.65. The first kappa shape index (κ1) is 18.3. The van der Waals surface area contributed by atoms with Crippen molar-refractivity contribution < 1.29 is 4.74 Å². The molecule has 2 saturated heterocycles. The highest BCUT2D eigenvalue weighted by Crippen LogP contribution is 2.34. The number of aromatic nitrogens is 2. The van der Waals surface area contributed by atoms with Gasteiger partial charge >= 0.3 is 0 Å². The Kier molecular flexibility index (Phi) is 5.18. The van der Waals surface area contributed by atoms with Gasteiger partial charge < -0.3 is 4.74 Å². The average molecular weight is 383 g/mol. The molecule has 0 N–H and O–H groups in total. The zero-order valence-corrected chi connectivity index (χ0v) is 16.6. The van der Waals surface area contributed by atoms with Gasteiger partial charge in [0.2, 0.25) is 0 Å². The standard InChI is InChI=1S/C22H30N4O2/c27-22-18-4-1-2-5-19(18)23-21(26(22)16-17-7-8-17)20-6-3-9-25(20)11-10-24-12-14-28-15-13-24/h1-2,4-5,17,20H,3,6-16H2. The molecule has 0 radical (unpaired) electrons. The average Bonchev–Trinajstić information content (AvgIpc) is 3.44. The smallest absolute Gasteiger partial charge is 0.261 e. The molecule has 0 amide bonds. The minimum Gasteiger partial charge on any atom is -0.379 e. The van der Waals surface area contributed by atoms with Crippen molar-refractivity contribution in [2.45, 2.75) is 38.3 Å². The molecule has 1 saturated carbocycles. The summed E-state index contributed by atoms with van der Waals surface area (Å²) < 4.78 is 7.48. The molecule has 0 spiro atoms. The van der Waals surface area contributed by atoms with E-state index < -0.39 is 0 Å². The van der Waals surface area contributed by atoms with E-state index in [1.807, 2.05) is 28.8 Å². The quantitative estimate of drug-likeness (QED) is 0.767. The van der Waals surface area contributed by atoms with Gasteiger partial charge in [0.25, 0.3) is 5.56 Å². The highest BCUT2D eigenvalue weighted by Gasteiger charge is 2.32. The second-order valence-corrected chi connectivity index (χ2v) is 8.49. The van der Waals surface area contributed by atoms with Gasteiger partial charge in [0.05, 0.1) is 30.2 Å². The van der Waals surface area contributed by atoms with Gasteiger partial charge in [-0.25, -0.2) is 4.98 Å². The van der Waals surface area contributed by atoms with E-state index in [0.717, 1.165) is 75.6 Å². The second-order valence-electron chi connectivity index (χ2n) is 8.49. The van der Waals surface area contributed by atoms with Gasteiger partial charge in [-0.1, -0.05) is 12.1 Å². The van der Waals surface area contributed by atoms with E-state index >= 15 is 0 Å². The fourth-order valence-corrected chi connectivity index (χ4v) is 4.66. The summed E-state index contributed by atoms with van der Waals surface area (Å²) in [5.41, 5.74) is 0.988. The van der Waals surface area contributed by atoms with Crippen molar-refractivity contribution >= 4 is 10.9 Å². The van der Waals surface area contributed by atoms with Crippen LogP contribution >= 0.6 is 0 Å². The molecule has 1 aromatic heterocycles. The van der Waals surface area contributed by atoms with Crippen molar-refractivity contribution in [3.8, 4) is 0 Å². The van der Waals surface area contributed by atoms with Crippen molar-refractivity contribution in [2.24, 2.45) is 5.92 Å². The van der Waals surface area contributed by atoms with Gasteiger partial charge in [-0.05, 0) is 50.3 Å². The first-order chi connectivity index (χ1) is 13.8. The summed E-state index contributed by atoms with van der Waals surface area (Å²) in [5, 5.41) is 0.754. The maximum absolute atomic E-state index is 13.3. The molecule has 2 aliphatic heterocycles. The molecular weight excluding hydrogens is 352 g/mol. The summed E-state index contributed by atoms with van der Waals surface area (Å²) in [6.07, 6.45) is 4.76. The summed E-state index contributed by atoms with van der Waals surface area (Å²) in [7, 11) is 0. The summed E-state index contributed by atoms with van der Waals surface area (Å²) in [6, 6.07) is 8.08. The first-order valence-electron chi connectivity index (χ1n) is 10.8. The third-order valence-electron chi connectivity index (χ3n) is 6.50. The predicted octanol–water partition coefficient (Wildman–Crippen LogP) is 2.28. The predicted molar refractivity (Wildman–Crippen MR) is 110 cm³/mol. The molecular formula is C22H30N4O2. The van der Waals surface area contributed by atoms with E-state index in [-0.39, 0.29) is 11.6 Å². The van der Waals surface area contributed by atoms with E-state index in [1.54, 1.807) is 0 Å². The van der Waals surface area contributed by atoms with Crippen LogP contribution in [-0.4, -0.2) is 65.3 Å². The van der Waals surface area contributed by atoms with E-state index in [9.17, 15) is 4.79 Å². The normalized spacial score (nSPS) is 24.2. The monoisotopic (exact) mass is 382 g/mol. The van der Waals surface area contributed by atoms with Crippen molar-refractivity contribution in [2.75, 3.05) is 45.9 Å². The number of benzene rings is 1. The number of morpholine rings is 1. The maximum Gasteiger partial charge on any atom is 0.261 e. The third-order valence-corrected chi connectivity index (χ3v) is 6.50. The summed E-state index contributed by atoms with van der Waals surface area (Å²) in [6.45, 7) is 7.78. The highest BCUT2D eigenvalue weighted by atomic mass is 16.5.